The van der Waals surface area contributed by atoms with Crippen LogP contribution in [0.2, 0.25) is 0 Å². The van der Waals surface area contributed by atoms with Crippen LogP contribution in [0, 0.1) is 0 Å². The van der Waals surface area contributed by atoms with Crippen molar-refractivity contribution in [1.29, 1.82) is 0 Å². The van der Waals surface area contributed by atoms with Gasteiger partial charge in [-0.25, -0.2) is 4.98 Å². The minimum atomic E-state index is -4.37. The quantitative estimate of drug-likeness (QED) is 0.387. The Hall–Kier alpha value is -2.88. The van der Waals surface area contributed by atoms with Crippen LogP contribution < -0.4 is 0 Å². The van der Waals surface area contributed by atoms with E-state index in [1.54, 1.807) is 0 Å². The monoisotopic (exact) mass is 323 g/mol. The van der Waals surface area contributed by atoms with Crippen LogP contribution in [0.1, 0.15) is 5.56 Å². The Morgan fingerprint density at radius 1 is 0.667 bits per heavy atom. The molecule has 0 aliphatic heterocycles. The van der Waals surface area contributed by atoms with Crippen molar-refractivity contribution >= 4 is 21.7 Å². The smallest absolute Gasteiger partial charge is 0.247 e. The molecule has 0 N–H and O–H groups in total. The summed E-state index contributed by atoms with van der Waals surface area (Å²) in [7, 11) is 0. The zero-order chi connectivity index (χ0) is 16.7. The molecule has 0 amide bonds. The van der Waals surface area contributed by atoms with Crippen molar-refractivity contribution in [3.8, 4) is 11.3 Å². The van der Waals surface area contributed by atoms with Crippen molar-refractivity contribution in [2.45, 2.75) is 6.18 Å². The van der Waals surface area contributed by atoms with Gasteiger partial charge in [0.1, 0.15) is 0 Å². The Bertz CT molecular complexity index is 1040. The van der Waals surface area contributed by atoms with Crippen molar-refractivity contribution < 1.29 is 13.2 Å². The summed E-state index contributed by atoms with van der Waals surface area (Å²) in [4.78, 5) is 4.63. The molecule has 0 radical (unpaired) electrons. The molecule has 1 heterocycles. The third kappa shape index (κ3) is 2.40. The first-order valence-electron chi connectivity index (χ1n) is 7.49. The molecular weight excluding hydrogens is 311 g/mol. The van der Waals surface area contributed by atoms with Crippen molar-refractivity contribution in [2.24, 2.45) is 0 Å². The van der Waals surface area contributed by atoms with Crippen molar-refractivity contribution in [1.82, 2.24) is 4.98 Å². The first-order chi connectivity index (χ1) is 11.5. The van der Waals surface area contributed by atoms with E-state index in [1.807, 2.05) is 54.6 Å². The topological polar surface area (TPSA) is 12.9 Å². The number of alkyl halides is 3. The third-order valence-corrected chi connectivity index (χ3v) is 4.08. The molecule has 4 aromatic rings. The summed E-state index contributed by atoms with van der Waals surface area (Å²) in [5.74, 6) is 0. The fraction of sp³-hybridized carbons (Fsp3) is 0.0500. The molecule has 0 aliphatic carbocycles. The molecule has 0 bridgehead atoms. The highest BCUT2D eigenvalue weighted by Gasteiger charge is 2.30. The molecule has 3 aromatic carbocycles. The van der Waals surface area contributed by atoms with Gasteiger partial charge in [-0.05, 0) is 23.6 Å². The summed E-state index contributed by atoms with van der Waals surface area (Å²) in [5.41, 5.74) is 1.61. The van der Waals surface area contributed by atoms with Gasteiger partial charge in [-0.3, -0.25) is 0 Å². The van der Waals surface area contributed by atoms with Gasteiger partial charge in [-0.1, -0.05) is 54.6 Å². The van der Waals surface area contributed by atoms with Gasteiger partial charge in [-0.15, -0.1) is 0 Å². The Kier molecular flexibility index (Phi) is 3.27. The summed E-state index contributed by atoms with van der Waals surface area (Å²) >= 11 is 0. The highest BCUT2D eigenvalue weighted by Crippen LogP contribution is 2.36. The van der Waals surface area contributed by atoms with E-state index in [1.165, 1.54) is 12.1 Å². The molecule has 0 unspecified atom stereocenters. The lowest BCUT2D eigenvalue weighted by molar-refractivity contribution is -0.137. The van der Waals surface area contributed by atoms with Crippen LogP contribution in [-0.4, -0.2) is 4.98 Å². The zero-order valence-electron chi connectivity index (χ0n) is 12.5. The molecule has 0 spiro atoms. The van der Waals surface area contributed by atoms with E-state index < -0.39 is 11.7 Å². The van der Waals surface area contributed by atoms with Gasteiger partial charge in [0.05, 0.1) is 16.8 Å². The molecule has 0 aliphatic rings. The van der Waals surface area contributed by atoms with E-state index in [-0.39, 0.29) is 0 Å². The Morgan fingerprint density at radius 3 is 2.04 bits per heavy atom. The number of hydrogen-bond acceptors (Lipinski definition) is 1. The summed E-state index contributed by atoms with van der Waals surface area (Å²) in [6.45, 7) is 0. The Labute approximate surface area is 136 Å². The standard InChI is InChI=1S/C20H12F3N/c21-20(22,23)14-10-11-18-17(12-14)15-8-4-5-9-16(15)19(24-18)13-6-2-1-3-7-13/h1-12H. The zero-order valence-corrected chi connectivity index (χ0v) is 12.5. The van der Waals surface area contributed by atoms with E-state index in [2.05, 4.69) is 4.98 Å². The summed E-state index contributed by atoms with van der Waals surface area (Å²) in [5, 5.41) is 2.13. The number of aromatic nitrogens is 1. The first-order valence-corrected chi connectivity index (χ1v) is 7.49. The van der Waals surface area contributed by atoms with Gasteiger partial charge in [0.25, 0.3) is 0 Å². The number of halogens is 3. The van der Waals surface area contributed by atoms with Crippen LogP contribution in [0.3, 0.4) is 0 Å². The van der Waals surface area contributed by atoms with E-state index in [4.69, 9.17) is 0 Å². The van der Waals surface area contributed by atoms with Crippen LogP contribution in [0.5, 0.6) is 0 Å². The van der Waals surface area contributed by atoms with E-state index in [0.717, 1.165) is 28.1 Å². The highest BCUT2D eigenvalue weighted by molar-refractivity contribution is 6.11. The Balaban J connectivity index is 2.10. The molecule has 1 aromatic heterocycles. The molecule has 0 saturated heterocycles. The molecular formula is C20H12F3N. The number of rotatable bonds is 1. The molecule has 4 heteroatoms. The minimum absolute atomic E-state index is 0.514. The maximum atomic E-state index is 13.0. The minimum Gasteiger partial charge on any atom is -0.247 e. The lowest BCUT2D eigenvalue weighted by Crippen LogP contribution is -2.04. The van der Waals surface area contributed by atoms with Crippen LogP contribution in [0.4, 0.5) is 13.2 Å². The fourth-order valence-electron chi connectivity index (χ4n) is 2.95. The fourth-order valence-corrected chi connectivity index (χ4v) is 2.95. The number of fused-ring (bicyclic) bond motifs is 3. The first kappa shape index (κ1) is 14.7. The van der Waals surface area contributed by atoms with Crippen molar-refractivity contribution in [2.75, 3.05) is 0 Å². The van der Waals surface area contributed by atoms with Gasteiger partial charge in [0.2, 0.25) is 0 Å². The maximum absolute atomic E-state index is 13.0. The molecule has 118 valence electrons. The van der Waals surface area contributed by atoms with Gasteiger partial charge in [0, 0.05) is 16.3 Å². The SMILES string of the molecule is FC(F)(F)c1ccc2nc(-c3ccccc3)c3ccccc3c2c1. The number of benzene rings is 3. The number of hydrogen-bond donors (Lipinski definition) is 0. The third-order valence-electron chi connectivity index (χ3n) is 4.08. The molecule has 24 heavy (non-hydrogen) atoms. The predicted octanol–water partition coefficient (Wildman–Crippen LogP) is 6.07. The second-order valence-electron chi connectivity index (χ2n) is 5.60. The lowest BCUT2D eigenvalue weighted by atomic mass is 9.99. The van der Waals surface area contributed by atoms with Crippen LogP contribution >= 0.6 is 0 Å². The van der Waals surface area contributed by atoms with Crippen molar-refractivity contribution in [3.05, 3.63) is 78.4 Å². The molecule has 1 nitrogen and oxygen atoms in total. The average molecular weight is 323 g/mol. The summed E-state index contributed by atoms with van der Waals surface area (Å²) < 4.78 is 39.1. The summed E-state index contributed by atoms with van der Waals surface area (Å²) in [6.07, 6.45) is -4.37. The van der Waals surface area contributed by atoms with Gasteiger partial charge in [-0.2, -0.15) is 13.2 Å². The van der Waals surface area contributed by atoms with E-state index in [0.29, 0.717) is 10.9 Å². The molecule has 4 rings (SSSR count). The van der Waals surface area contributed by atoms with E-state index in [9.17, 15) is 13.2 Å². The number of nitrogens with zero attached hydrogens (tertiary/aromatic N) is 1. The second kappa shape index (κ2) is 5.34. The largest absolute Gasteiger partial charge is 0.416 e. The van der Waals surface area contributed by atoms with Gasteiger partial charge in [0.15, 0.2) is 0 Å². The second-order valence-corrected chi connectivity index (χ2v) is 5.60. The van der Waals surface area contributed by atoms with E-state index >= 15 is 0 Å². The van der Waals surface area contributed by atoms with Gasteiger partial charge < -0.3 is 0 Å². The van der Waals surface area contributed by atoms with Crippen LogP contribution in [-0.2, 0) is 6.18 Å². The lowest BCUT2D eigenvalue weighted by Gasteiger charge is -2.12. The maximum Gasteiger partial charge on any atom is 0.416 e. The molecule has 0 fully saturated rings. The van der Waals surface area contributed by atoms with Crippen LogP contribution in [0.15, 0.2) is 72.8 Å². The number of pyridine rings is 1. The molecule has 0 saturated carbocycles. The van der Waals surface area contributed by atoms with Gasteiger partial charge >= 0.3 is 6.18 Å². The average Bonchev–Trinajstić information content (AvgIpc) is 2.60. The summed E-state index contributed by atoms with van der Waals surface area (Å²) in [6, 6.07) is 20.8. The normalized spacial score (nSPS) is 12.0. The van der Waals surface area contributed by atoms with Crippen LogP contribution in [0.25, 0.3) is 32.9 Å². The molecule has 0 atom stereocenters. The highest BCUT2D eigenvalue weighted by atomic mass is 19.4. The Morgan fingerprint density at radius 2 is 1.33 bits per heavy atom. The van der Waals surface area contributed by atoms with Crippen molar-refractivity contribution in [3.63, 3.8) is 0 Å². The predicted molar refractivity (Wildman–Crippen MR) is 89.7 cm³/mol.